The van der Waals surface area contributed by atoms with Crippen LogP contribution in [0.4, 0.5) is 0 Å². The van der Waals surface area contributed by atoms with E-state index >= 15 is 0 Å². The Morgan fingerprint density at radius 3 is 1.78 bits per heavy atom. The van der Waals surface area contributed by atoms with E-state index < -0.39 is 8.15 Å². The molecule has 0 saturated carbocycles. The lowest BCUT2D eigenvalue weighted by Crippen LogP contribution is -2.16. The fraction of sp³-hybridized carbons (Fsp3) is 0.100. The van der Waals surface area contributed by atoms with Crippen molar-refractivity contribution >= 4 is 34.7 Å². The van der Waals surface area contributed by atoms with Gasteiger partial charge in [-0.3, -0.25) is 0 Å². The van der Waals surface area contributed by atoms with Gasteiger partial charge in [0.25, 0.3) is 0 Å². The molecular weight excluding hydrogens is 367 g/mol. The van der Waals surface area contributed by atoms with E-state index in [0.717, 1.165) is 10.2 Å². The summed E-state index contributed by atoms with van der Waals surface area (Å²) in [5, 5.41) is 2.42. The van der Waals surface area contributed by atoms with Crippen molar-refractivity contribution in [2.75, 3.05) is 0 Å². The first kappa shape index (κ1) is 16.2. The van der Waals surface area contributed by atoms with Crippen molar-refractivity contribution in [2.45, 2.75) is 13.8 Å². The topological polar surface area (TPSA) is 9.23 Å². The minimum atomic E-state index is -0.902. The first-order chi connectivity index (χ1) is 11.2. The van der Waals surface area contributed by atoms with Crippen LogP contribution in [0.1, 0.15) is 11.1 Å². The molecule has 0 aliphatic heterocycles. The molecule has 3 heteroatoms. The maximum atomic E-state index is 6.55. The Balaban J connectivity index is 2.06. The van der Waals surface area contributed by atoms with Crippen LogP contribution in [-0.2, 0) is 0 Å². The van der Waals surface area contributed by atoms with Gasteiger partial charge in [0.15, 0.2) is 8.15 Å². The van der Waals surface area contributed by atoms with Crippen molar-refractivity contribution < 1.29 is 4.52 Å². The van der Waals surface area contributed by atoms with Gasteiger partial charge in [-0.25, -0.2) is 0 Å². The van der Waals surface area contributed by atoms with Crippen LogP contribution in [0.25, 0.3) is 0 Å². The van der Waals surface area contributed by atoms with Crippen LogP contribution in [0, 0.1) is 13.8 Å². The van der Waals surface area contributed by atoms with Gasteiger partial charge in [-0.1, -0.05) is 66.7 Å². The molecule has 0 aromatic heterocycles. The summed E-state index contributed by atoms with van der Waals surface area (Å²) in [5.41, 5.74) is 2.41. The predicted octanol–water partition coefficient (Wildman–Crippen LogP) is 5.49. The third kappa shape index (κ3) is 3.65. The minimum absolute atomic E-state index is 0.902. The van der Waals surface area contributed by atoms with Gasteiger partial charge in [0.1, 0.15) is 5.75 Å². The molecule has 3 aromatic carbocycles. The van der Waals surface area contributed by atoms with Crippen molar-refractivity contribution in [1.29, 1.82) is 0 Å². The molecule has 3 rings (SSSR count). The molecule has 116 valence electrons. The summed E-state index contributed by atoms with van der Waals surface area (Å²) in [7, 11) is -0.902. The van der Waals surface area contributed by atoms with Crippen LogP contribution in [0.15, 0.2) is 77.3 Å². The van der Waals surface area contributed by atoms with Crippen LogP contribution in [-0.4, -0.2) is 0 Å². The lowest BCUT2D eigenvalue weighted by atomic mass is 10.1. The molecule has 0 aliphatic carbocycles. The van der Waals surface area contributed by atoms with Gasteiger partial charge in [-0.05, 0) is 47.0 Å². The van der Waals surface area contributed by atoms with Crippen LogP contribution in [0.5, 0.6) is 5.75 Å². The molecular formula is C20H18BrOP. The van der Waals surface area contributed by atoms with E-state index in [2.05, 4.69) is 90.4 Å². The molecule has 0 unspecified atom stereocenters. The first-order valence-electron chi connectivity index (χ1n) is 7.50. The van der Waals surface area contributed by atoms with Crippen molar-refractivity contribution in [2.24, 2.45) is 0 Å². The Morgan fingerprint density at radius 2 is 1.26 bits per heavy atom. The lowest BCUT2D eigenvalue weighted by molar-refractivity contribution is 0.618. The standard InChI is InChI=1S/C20H18BrOP/c1-15-13-14-19(21)20(16(15)2)22-23(17-9-5-3-6-10-17)18-11-7-4-8-12-18/h3-14H,1-2H3. The average Bonchev–Trinajstić information content (AvgIpc) is 2.60. The molecule has 0 heterocycles. The zero-order valence-electron chi connectivity index (χ0n) is 13.2. The average molecular weight is 385 g/mol. The Kier molecular flexibility index (Phi) is 5.15. The molecule has 0 saturated heterocycles. The number of aryl methyl sites for hydroxylation is 1. The summed E-state index contributed by atoms with van der Waals surface area (Å²) in [4.78, 5) is 0. The molecule has 0 spiro atoms. The lowest BCUT2D eigenvalue weighted by Gasteiger charge is -2.22. The molecule has 23 heavy (non-hydrogen) atoms. The second-order valence-corrected chi connectivity index (χ2v) is 8.03. The van der Waals surface area contributed by atoms with Gasteiger partial charge in [-0.2, -0.15) is 0 Å². The van der Waals surface area contributed by atoms with Crippen molar-refractivity contribution in [3.8, 4) is 5.75 Å². The fourth-order valence-corrected chi connectivity index (χ4v) is 4.79. The fourth-order valence-electron chi connectivity index (χ4n) is 2.34. The summed E-state index contributed by atoms with van der Waals surface area (Å²) in [6, 6.07) is 25.0. The molecule has 3 aromatic rings. The molecule has 0 N–H and O–H groups in total. The number of hydrogen-bond donors (Lipinski definition) is 0. The summed E-state index contributed by atoms with van der Waals surface area (Å²) >= 11 is 3.64. The number of rotatable bonds is 4. The third-order valence-corrected chi connectivity index (χ3v) is 6.32. The van der Waals surface area contributed by atoms with Gasteiger partial charge in [0, 0.05) is 10.6 Å². The van der Waals surface area contributed by atoms with Crippen LogP contribution in [0.2, 0.25) is 0 Å². The molecule has 0 aliphatic rings. The quantitative estimate of drug-likeness (QED) is 0.540. The summed E-state index contributed by atoms with van der Waals surface area (Å²) in [6.45, 7) is 4.22. The molecule has 1 nitrogen and oxygen atoms in total. The van der Waals surface area contributed by atoms with E-state index in [9.17, 15) is 0 Å². The van der Waals surface area contributed by atoms with E-state index in [1.807, 2.05) is 12.1 Å². The van der Waals surface area contributed by atoms with Crippen LogP contribution in [0.3, 0.4) is 0 Å². The minimum Gasteiger partial charge on any atom is -0.463 e. The van der Waals surface area contributed by atoms with Gasteiger partial charge in [0.2, 0.25) is 0 Å². The van der Waals surface area contributed by atoms with Crippen molar-refractivity contribution in [3.05, 3.63) is 88.4 Å². The number of benzene rings is 3. The van der Waals surface area contributed by atoms with E-state index in [-0.39, 0.29) is 0 Å². The van der Waals surface area contributed by atoms with E-state index in [0.29, 0.717) is 0 Å². The Bertz CT molecular complexity index is 748. The molecule has 0 atom stereocenters. The largest absolute Gasteiger partial charge is 0.463 e. The molecule has 0 fully saturated rings. The Morgan fingerprint density at radius 1 is 0.739 bits per heavy atom. The smallest absolute Gasteiger partial charge is 0.150 e. The first-order valence-corrected chi connectivity index (χ1v) is 9.56. The molecule has 0 radical (unpaired) electrons. The highest BCUT2D eigenvalue weighted by molar-refractivity contribution is 9.10. The zero-order chi connectivity index (χ0) is 16.2. The summed E-state index contributed by atoms with van der Waals surface area (Å²) in [6.07, 6.45) is 0. The van der Waals surface area contributed by atoms with Gasteiger partial charge >= 0.3 is 0 Å². The molecule has 0 bridgehead atoms. The molecule has 0 amide bonds. The SMILES string of the molecule is Cc1ccc(Br)c(OP(c2ccccc2)c2ccccc2)c1C. The Hall–Kier alpha value is -1.63. The van der Waals surface area contributed by atoms with E-state index in [1.165, 1.54) is 21.7 Å². The van der Waals surface area contributed by atoms with Crippen molar-refractivity contribution in [3.63, 3.8) is 0 Å². The van der Waals surface area contributed by atoms with E-state index in [4.69, 9.17) is 4.52 Å². The van der Waals surface area contributed by atoms with Gasteiger partial charge in [-0.15, -0.1) is 0 Å². The number of hydrogen-bond acceptors (Lipinski definition) is 1. The summed E-state index contributed by atoms with van der Waals surface area (Å²) < 4.78 is 7.55. The highest BCUT2D eigenvalue weighted by atomic mass is 79.9. The summed E-state index contributed by atoms with van der Waals surface area (Å²) in [5.74, 6) is 0.934. The maximum absolute atomic E-state index is 6.55. The van der Waals surface area contributed by atoms with E-state index in [1.54, 1.807) is 0 Å². The normalized spacial score (nSPS) is 10.8. The zero-order valence-corrected chi connectivity index (χ0v) is 15.6. The Labute approximate surface area is 147 Å². The van der Waals surface area contributed by atoms with Crippen LogP contribution >= 0.6 is 24.1 Å². The monoisotopic (exact) mass is 384 g/mol. The predicted molar refractivity (Wildman–Crippen MR) is 103 cm³/mol. The van der Waals surface area contributed by atoms with Gasteiger partial charge in [0.05, 0.1) is 4.47 Å². The van der Waals surface area contributed by atoms with Crippen LogP contribution < -0.4 is 15.1 Å². The van der Waals surface area contributed by atoms with Gasteiger partial charge < -0.3 is 4.52 Å². The highest BCUT2D eigenvalue weighted by Crippen LogP contribution is 2.42. The van der Waals surface area contributed by atoms with Crippen molar-refractivity contribution in [1.82, 2.24) is 0 Å². The maximum Gasteiger partial charge on any atom is 0.150 e. The second kappa shape index (κ2) is 7.29. The number of halogens is 1. The highest BCUT2D eigenvalue weighted by Gasteiger charge is 2.19. The second-order valence-electron chi connectivity index (χ2n) is 5.38. The third-order valence-electron chi connectivity index (χ3n) is 3.79.